The second-order valence-corrected chi connectivity index (χ2v) is 6.72. The van der Waals surface area contributed by atoms with E-state index in [1.807, 2.05) is 19.0 Å². The molecule has 0 radical (unpaired) electrons. The molecule has 3 rings (SSSR count). The zero-order valence-electron chi connectivity index (χ0n) is 13.2. The average molecular weight is 375 g/mol. The number of aromatic nitrogens is 1. The highest BCUT2D eigenvalue weighted by molar-refractivity contribution is 9.10. The highest BCUT2D eigenvalue weighted by Gasteiger charge is 2.15. The predicted octanol–water partition coefficient (Wildman–Crippen LogP) is 2.44. The first-order chi connectivity index (χ1) is 11.0. The number of nitrogens with zero attached hydrogens (tertiary/aromatic N) is 2. The van der Waals surface area contributed by atoms with E-state index in [2.05, 4.69) is 49.7 Å². The van der Waals surface area contributed by atoms with Crippen LogP contribution in [-0.2, 0) is 19.6 Å². The number of hydrogen-bond donors (Lipinski definition) is 2. The first-order valence-electron chi connectivity index (χ1n) is 7.47. The molecule has 6 heteroatoms. The van der Waals surface area contributed by atoms with E-state index >= 15 is 0 Å². The zero-order valence-corrected chi connectivity index (χ0v) is 14.8. The molecule has 1 aromatic heterocycles. The summed E-state index contributed by atoms with van der Waals surface area (Å²) in [5.41, 5.74) is 4.32. The molecule has 0 bridgehead atoms. The lowest BCUT2D eigenvalue weighted by atomic mass is 10.1. The topological polar surface area (TPSA) is 57.3 Å². The van der Waals surface area contributed by atoms with E-state index in [0.717, 1.165) is 23.1 Å². The van der Waals surface area contributed by atoms with Crippen LogP contribution < -0.4 is 15.5 Å². The number of fused-ring (bicyclic) bond motifs is 1. The van der Waals surface area contributed by atoms with Gasteiger partial charge in [0.15, 0.2) is 0 Å². The van der Waals surface area contributed by atoms with Gasteiger partial charge < -0.3 is 15.5 Å². The number of benzene rings is 1. The van der Waals surface area contributed by atoms with Crippen LogP contribution in [-0.4, -0.2) is 25.0 Å². The maximum atomic E-state index is 12.5. The van der Waals surface area contributed by atoms with E-state index < -0.39 is 0 Å². The summed E-state index contributed by atoms with van der Waals surface area (Å²) in [7, 11) is 3.75. The maximum Gasteiger partial charge on any atom is 0.255 e. The fourth-order valence-electron chi connectivity index (χ4n) is 2.69. The predicted molar refractivity (Wildman–Crippen MR) is 94.4 cm³/mol. The number of hydrogen-bond acceptors (Lipinski definition) is 4. The summed E-state index contributed by atoms with van der Waals surface area (Å²) in [5.74, 6) is 0.532. The molecule has 0 unspecified atom stereocenters. The van der Waals surface area contributed by atoms with Gasteiger partial charge in [0.25, 0.3) is 5.91 Å². The molecule has 0 aliphatic carbocycles. The Morgan fingerprint density at radius 3 is 2.87 bits per heavy atom. The summed E-state index contributed by atoms with van der Waals surface area (Å²) in [6, 6.07) is 8.15. The summed E-state index contributed by atoms with van der Waals surface area (Å²) in [4.78, 5) is 18.7. The van der Waals surface area contributed by atoms with Crippen LogP contribution in [0.1, 0.15) is 27.0 Å². The third kappa shape index (κ3) is 3.54. The van der Waals surface area contributed by atoms with Gasteiger partial charge in [-0.3, -0.25) is 4.79 Å². The van der Waals surface area contributed by atoms with Gasteiger partial charge in [-0.1, -0.05) is 18.2 Å². The lowest BCUT2D eigenvalue weighted by Gasteiger charge is -2.16. The molecule has 2 N–H and O–H groups in total. The number of carbonyl (C=O) groups excluding carboxylic acids is 1. The van der Waals surface area contributed by atoms with Gasteiger partial charge in [0.1, 0.15) is 5.82 Å². The van der Waals surface area contributed by atoms with Crippen LogP contribution in [0.5, 0.6) is 0 Å². The number of anilines is 1. The summed E-state index contributed by atoms with van der Waals surface area (Å²) in [6.45, 7) is 2.33. The van der Waals surface area contributed by atoms with Gasteiger partial charge in [-0.05, 0) is 38.7 Å². The van der Waals surface area contributed by atoms with E-state index in [1.165, 1.54) is 11.1 Å². The van der Waals surface area contributed by atoms with Crippen LogP contribution in [0.2, 0.25) is 0 Å². The van der Waals surface area contributed by atoms with Crippen molar-refractivity contribution in [1.82, 2.24) is 15.6 Å². The molecule has 0 saturated carbocycles. The smallest absolute Gasteiger partial charge is 0.255 e. The van der Waals surface area contributed by atoms with Crippen LogP contribution in [0.3, 0.4) is 0 Å². The first-order valence-corrected chi connectivity index (χ1v) is 8.26. The maximum absolute atomic E-state index is 12.5. The van der Waals surface area contributed by atoms with Crippen molar-refractivity contribution in [2.75, 3.05) is 19.0 Å². The molecule has 1 aliphatic heterocycles. The highest BCUT2D eigenvalue weighted by Crippen LogP contribution is 2.21. The minimum absolute atomic E-state index is 0.124. The van der Waals surface area contributed by atoms with Crippen LogP contribution in [0.15, 0.2) is 34.9 Å². The fraction of sp³-hybridized carbons (Fsp3) is 0.294. The molecule has 2 aromatic rings. The summed E-state index contributed by atoms with van der Waals surface area (Å²) in [6.07, 6.45) is 1.69. The van der Waals surface area contributed by atoms with Crippen LogP contribution in [0, 0.1) is 0 Å². The highest BCUT2D eigenvalue weighted by atomic mass is 79.9. The van der Waals surface area contributed by atoms with Crippen molar-refractivity contribution in [3.63, 3.8) is 0 Å². The molecule has 1 aromatic carbocycles. The van der Waals surface area contributed by atoms with Gasteiger partial charge in [-0.15, -0.1) is 0 Å². The van der Waals surface area contributed by atoms with E-state index in [4.69, 9.17) is 0 Å². The number of nitrogens with one attached hydrogen (secondary N) is 2. The van der Waals surface area contributed by atoms with Crippen molar-refractivity contribution in [1.29, 1.82) is 0 Å². The van der Waals surface area contributed by atoms with Gasteiger partial charge in [0.05, 0.1) is 5.56 Å². The Morgan fingerprint density at radius 1 is 1.30 bits per heavy atom. The van der Waals surface area contributed by atoms with E-state index in [9.17, 15) is 4.79 Å². The zero-order chi connectivity index (χ0) is 16.4. The summed E-state index contributed by atoms with van der Waals surface area (Å²) >= 11 is 3.38. The van der Waals surface area contributed by atoms with Crippen LogP contribution in [0.4, 0.5) is 5.82 Å². The van der Waals surface area contributed by atoms with Crippen molar-refractivity contribution in [2.45, 2.75) is 19.6 Å². The lowest BCUT2D eigenvalue weighted by molar-refractivity contribution is 0.0951. The third-order valence-corrected chi connectivity index (χ3v) is 4.29. The number of halogens is 1. The summed E-state index contributed by atoms with van der Waals surface area (Å²) < 4.78 is 0.789. The molecular weight excluding hydrogens is 356 g/mol. The van der Waals surface area contributed by atoms with E-state index in [-0.39, 0.29) is 5.91 Å². The summed E-state index contributed by atoms with van der Waals surface area (Å²) in [5, 5.41) is 6.31. The molecule has 1 aliphatic rings. The number of carbonyl (C=O) groups is 1. The van der Waals surface area contributed by atoms with Crippen molar-refractivity contribution in [3.05, 3.63) is 57.2 Å². The Balaban J connectivity index is 1.74. The van der Waals surface area contributed by atoms with Gasteiger partial charge in [0, 0.05) is 44.4 Å². The molecule has 0 spiro atoms. The molecule has 0 atom stereocenters. The lowest BCUT2D eigenvalue weighted by Crippen LogP contribution is -2.26. The largest absolute Gasteiger partial charge is 0.362 e. The Bertz CT molecular complexity index is 745. The Hall–Kier alpha value is -1.92. The minimum atomic E-state index is -0.124. The molecule has 2 heterocycles. The van der Waals surface area contributed by atoms with Gasteiger partial charge >= 0.3 is 0 Å². The second kappa shape index (κ2) is 6.68. The minimum Gasteiger partial charge on any atom is -0.362 e. The van der Waals surface area contributed by atoms with Crippen LogP contribution >= 0.6 is 15.9 Å². The van der Waals surface area contributed by atoms with Crippen molar-refractivity contribution in [3.8, 4) is 0 Å². The van der Waals surface area contributed by atoms with Gasteiger partial charge in [-0.25, -0.2) is 4.98 Å². The van der Waals surface area contributed by atoms with Crippen molar-refractivity contribution in [2.24, 2.45) is 0 Å². The molecule has 0 saturated heterocycles. The van der Waals surface area contributed by atoms with Crippen LogP contribution in [0.25, 0.3) is 0 Å². The molecule has 23 heavy (non-hydrogen) atoms. The SMILES string of the molecule is CN(C)c1ncc(Br)cc1C(=O)NCc1ccc2c(c1)CNC2. The normalized spacial score (nSPS) is 12.8. The quantitative estimate of drug-likeness (QED) is 0.862. The standard InChI is InChI=1S/C17H19BrN4O/c1-22(2)16-15(6-14(18)10-20-16)17(23)21-7-11-3-4-12-8-19-9-13(12)5-11/h3-6,10,19H,7-9H2,1-2H3,(H,21,23). The fourth-order valence-corrected chi connectivity index (χ4v) is 3.02. The molecule has 1 amide bonds. The molecule has 5 nitrogen and oxygen atoms in total. The van der Waals surface area contributed by atoms with Gasteiger partial charge in [0.2, 0.25) is 0 Å². The third-order valence-electron chi connectivity index (χ3n) is 3.86. The van der Waals surface area contributed by atoms with Gasteiger partial charge in [-0.2, -0.15) is 0 Å². The number of rotatable bonds is 4. The second-order valence-electron chi connectivity index (χ2n) is 5.81. The molecule has 120 valence electrons. The Morgan fingerprint density at radius 2 is 2.09 bits per heavy atom. The first kappa shape index (κ1) is 16.0. The molecular formula is C17H19BrN4O. The average Bonchev–Trinajstić information content (AvgIpc) is 2.99. The Kier molecular flexibility index (Phi) is 4.63. The van der Waals surface area contributed by atoms with E-state index in [0.29, 0.717) is 17.9 Å². The Labute approximate surface area is 144 Å². The van der Waals surface area contributed by atoms with E-state index in [1.54, 1.807) is 12.3 Å². The number of pyridine rings is 1. The number of amides is 1. The molecule has 0 fully saturated rings. The monoisotopic (exact) mass is 374 g/mol. The van der Waals surface area contributed by atoms with Crippen molar-refractivity contribution < 1.29 is 4.79 Å². The van der Waals surface area contributed by atoms with Crippen molar-refractivity contribution >= 4 is 27.7 Å².